The van der Waals surface area contributed by atoms with Crippen LogP contribution >= 0.6 is 0 Å². The van der Waals surface area contributed by atoms with E-state index in [1.165, 1.54) is 0 Å². The summed E-state index contributed by atoms with van der Waals surface area (Å²) in [4.78, 5) is 16.2. The number of carboxylic acids is 1. The number of pyridine rings is 1. The molecule has 1 aliphatic rings. The van der Waals surface area contributed by atoms with Crippen LogP contribution in [0.15, 0.2) is 18.2 Å². The van der Waals surface area contributed by atoms with Crippen molar-refractivity contribution in [1.29, 1.82) is 0 Å². The maximum absolute atomic E-state index is 11.5. The van der Waals surface area contributed by atoms with Crippen molar-refractivity contribution < 1.29 is 14.6 Å². The lowest BCUT2D eigenvalue weighted by Gasteiger charge is -2.13. The smallest absolute Gasteiger partial charge is 0.336 e. The molecule has 1 fully saturated rings. The number of hydrogen-bond acceptors (Lipinski definition) is 3. The third kappa shape index (κ3) is 2.16. The van der Waals surface area contributed by atoms with Crippen molar-refractivity contribution in [1.82, 2.24) is 4.98 Å². The van der Waals surface area contributed by atoms with Crippen LogP contribution in [0.2, 0.25) is 0 Å². The molecule has 1 N–H and O–H groups in total. The highest BCUT2D eigenvalue weighted by Gasteiger charge is 2.22. The Balaban J connectivity index is 2.27. The summed E-state index contributed by atoms with van der Waals surface area (Å²) in [5.41, 5.74) is 3.86. The van der Waals surface area contributed by atoms with Crippen LogP contribution in [-0.2, 0) is 4.74 Å². The Kier molecular flexibility index (Phi) is 3.18. The Morgan fingerprint density at radius 2 is 2.15 bits per heavy atom. The van der Waals surface area contributed by atoms with E-state index < -0.39 is 5.97 Å². The second-order valence-corrected chi connectivity index (χ2v) is 5.38. The maximum Gasteiger partial charge on any atom is 0.336 e. The molecule has 1 atom stereocenters. The fraction of sp³-hybridized carbons (Fsp3) is 0.375. The molecule has 0 radical (unpaired) electrons. The van der Waals surface area contributed by atoms with E-state index in [-0.39, 0.29) is 6.10 Å². The Bertz CT molecular complexity index is 688. The van der Waals surface area contributed by atoms with Crippen molar-refractivity contribution >= 4 is 16.9 Å². The fourth-order valence-electron chi connectivity index (χ4n) is 2.85. The van der Waals surface area contributed by atoms with E-state index in [4.69, 9.17) is 4.74 Å². The van der Waals surface area contributed by atoms with Gasteiger partial charge in [-0.05, 0) is 44.4 Å². The zero-order valence-corrected chi connectivity index (χ0v) is 11.6. The molecule has 1 aliphatic heterocycles. The van der Waals surface area contributed by atoms with Crippen LogP contribution in [0.25, 0.3) is 10.9 Å². The summed E-state index contributed by atoms with van der Waals surface area (Å²) in [6.45, 7) is 4.65. The zero-order chi connectivity index (χ0) is 14.3. The molecule has 0 amide bonds. The first kappa shape index (κ1) is 13.1. The number of aromatic carboxylic acids is 1. The molecule has 1 unspecified atom stereocenters. The quantitative estimate of drug-likeness (QED) is 0.909. The lowest BCUT2D eigenvalue weighted by atomic mass is 10.00. The summed E-state index contributed by atoms with van der Waals surface area (Å²) in [5.74, 6) is -0.915. The number of nitrogens with zero attached hydrogens (tertiary/aromatic N) is 1. The number of aryl methyl sites for hydroxylation is 2. The molecule has 2 aromatic rings. The molecule has 4 heteroatoms. The predicted molar refractivity (Wildman–Crippen MR) is 76.1 cm³/mol. The Hall–Kier alpha value is -1.94. The number of carbonyl (C=O) groups is 1. The Morgan fingerprint density at radius 3 is 2.80 bits per heavy atom. The average Bonchev–Trinajstić information content (AvgIpc) is 2.91. The topological polar surface area (TPSA) is 59.4 Å². The van der Waals surface area contributed by atoms with Gasteiger partial charge in [0.15, 0.2) is 0 Å². The first-order chi connectivity index (χ1) is 9.56. The van der Waals surface area contributed by atoms with Gasteiger partial charge in [-0.3, -0.25) is 0 Å². The van der Waals surface area contributed by atoms with Crippen LogP contribution in [0.1, 0.15) is 46.1 Å². The first-order valence-electron chi connectivity index (χ1n) is 6.83. The van der Waals surface area contributed by atoms with E-state index in [9.17, 15) is 9.90 Å². The predicted octanol–water partition coefficient (Wildman–Crippen LogP) is 3.40. The molecule has 0 spiro atoms. The Morgan fingerprint density at radius 1 is 1.35 bits per heavy atom. The summed E-state index contributed by atoms with van der Waals surface area (Å²) in [6.07, 6.45) is 1.83. The lowest BCUT2D eigenvalue weighted by Crippen LogP contribution is -2.06. The van der Waals surface area contributed by atoms with Gasteiger partial charge in [0.25, 0.3) is 0 Å². The molecule has 3 rings (SSSR count). The minimum Gasteiger partial charge on any atom is -0.478 e. The van der Waals surface area contributed by atoms with E-state index in [0.717, 1.165) is 41.8 Å². The molecule has 104 valence electrons. The van der Waals surface area contributed by atoms with Gasteiger partial charge in [-0.25, -0.2) is 9.78 Å². The first-order valence-corrected chi connectivity index (χ1v) is 6.83. The van der Waals surface area contributed by atoms with Crippen LogP contribution in [0.4, 0.5) is 0 Å². The van der Waals surface area contributed by atoms with E-state index in [1.807, 2.05) is 26.0 Å². The standard InChI is InChI=1S/C16H17NO3/c1-9-6-10(2)15-11(7-9)12(16(18)19)8-13(17-15)14-4-3-5-20-14/h6-8,14H,3-5H2,1-2H3,(H,18,19). The van der Waals surface area contributed by atoms with Crippen LogP contribution < -0.4 is 0 Å². The minimum absolute atomic E-state index is 0.0711. The van der Waals surface area contributed by atoms with Crippen molar-refractivity contribution in [3.8, 4) is 0 Å². The van der Waals surface area contributed by atoms with E-state index in [2.05, 4.69) is 4.98 Å². The van der Waals surface area contributed by atoms with Gasteiger partial charge < -0.3 is 9.84 Å². The minimum atomic E-state index is -0.915. The monoisotopic (exact) mass is 271 g/mol. The lowest BCUT2D eigenvalue weighted by molar-refractivity contribution is 0.0698. The largest absolute Gasteiger partial charge is 0.478 e. The fourth-order valence-corrected chi connectivity index (χ4v) is 2.85. The molecule has 4 nitrogen and oxygen atoms in total. The number of ether oxygens (including phenoxy) is 1. The highest BCUT2D eigenvalue weighted by atomic mass is 16.5. The number of benzene rings is 1. The molecule has 0 aliphatic carbocycles. The molecule has 0 saturated carbocycles. The normalized spacial score (nSPS) is 18.6. The summed E-state index contributed by atoms with van der Waals surface area (Å²) in [7, 11) is 0. The van der Waals surface area contributed by atoms with Crippen molar-refractivity contribution in [3.63, 3.8) is 0 Å². The number of carboxylic acid groups (broad SMARTS) is 1. The molecule has 0 bridgehead atoms. The van der Waals surface area contributed by atoms with Gasteiger partial charge in [0, 0.05) is 12.0 Å². The summed E-state index contributed by atoms with van der Waals surface area (Å²) >= 11 is 0. The van der Waals surface area contributed by atoms with Gasteiger partial charge >= 0.3 is 5.97 Å². The van der Waals surface area contributed by atoms with Crippen LogP contribution in [0, 0.1) is 13.8 Å². The van der Waals surface area contributed by atoms with Gasteiger partial charge in [-0.1, -0.05) is 11.6 Å². The van der Waals surface area contributed by atoms with Crippen molar-refractivity contribution in [2.75, 3.05) is 6.61 Å². The van der Waals surface area contributed by atoms with E-state index in [1.54, 1.807) is 6.07 Å². The third-order valence-corrected chi connectivity index (χ3v) is 3.76. The third-order valence-electron chi connectivity index (χ3n) is 3.76. The number of hydrogen-bond donors (Lipinski definition) is 1. The SMILES string of the molecule is Cc1cc(C)c2nc(C3CCCO3)cc(C(=O)O)c2c1. The van der Waals surface area contributed by atoms with E-state index >= 15 is 0 Å². The van der Waals surface area contributed by atoms with Gasteiger partial charge in [0.05, 0.1) is 22.9 Å². The zero-order valence-electron chi connectivity index (χ0n) is 11.6. The molecular formula is C16H17NO3. The maximum atomic E-state index is 11.5. The van der Waals surface area contributed by atoms with Crippen molar-refractivity contribution in [3.05, 3.63) is 40.6 Å². The molecule has 20 heavy (non-hydrogen) atoms. The number of aromatic nitrogens is 1. The average molecular weight is 271 g/mol. The summed E-state index contributed by atoms with van der Waals surface area (Å²) in [6, 6.07) is 5.58. The highest BCUT2D eigenvalue weighted by molar-refractivity contribution is 6.03. The Labute approximate surface area is 117 Å². The summed E-state index contributed by atoms with van der Waals surface area (Å²) < 4.78 is 5.63. The molecule has 2 heterocycles. The molecular weight excluding hydrogens is 254 g/mol. The summed E-state index contributed by atoms with van der Waals surface area (Å²) in [5, 5.41) is 10.2. The van der Waals surface area contributed by atoms with E-state index in [0.29, 0.717) is 10.9 Å². The molecule has 1 aromatic carbocycles. The van der Waals surface area contributed by atoms with Crippen LogP contribution in [-0.4, -0.2) is 22.7 Å². The van der Waals surface area contributed by atoms with Gasteiger partial charge in [0.1, 0.15) is 0 Å². The number of rotatable bonds is 2. The second-order valence-electron chi connectivity index (χ2n) is 5.38. The van der Waals surface area contributed by atoms with Crippen LogP contribution in [0.3, 0.4) is 0 Å². The highest BCUT2D eigenvalue weighted by Crippen LogP contribution is 2.31. The molecule has 1 aromatic heterocycles. The number of fused-ring (bicyclic) bond motifs is 1. The van der Waals surface area contributed by atoms with Gasteiger partial charge in [0.2, 0.25) is 0 Å². The van der Waals surface area contributed by atoms with Gasteiger partial charge in [-0.15, -0.1) is 0 Å². The van der Waals surface area contributed by atoms with Crippen molar-refractivity contribution in [2.24, 2.45) is 0 Å². The van der Waals surface area contributed by atoms with Gasteiger partial charge in [-0.2, -0.15) is 0 Å². The molecule has 1 saturated heterocycles. The van der Waals surface area contributed by atoms with Crippen LogP contribution in [0.5, 0.6) is 0 Å². The van der Waals surface area contributed by atoms with Crippen molar-refractivity contribution in [2.45, 2.75) is 32.8 Å². The second kappa shape index (κ2) is 4.87.